The fraction of sp³-hybridized carbons (Fsp3) is 0.684. The zero-order chi connectivity index (χ0) is 14.9. The summed E-state index contributed by atoms with van der Waals surface area (Å²) in [6, 6.07) is 0. The van der Waals surface area contributed by atoms with Crippen molar-refractivity contribution in [3.8, 4) is 0 Å². The van der Waals surface area contributed by atoms with Gasteiger partial charge in [0.1, 0.15) is 0 Å². The minimum atomic E-state index is -0.277. The quantitative estimate of drug-likeness (QED) is 0.250. The number of aliphatic hydroxyl groups excluding tert-OH is 1. The van der Waals surface area contributed by atoms with Crippen molar-refractivity contribution in [1.82, 2.24) is 0 Å². The second kappa shape index (κ2) is 16.2. The van der Waals surface area contributed by atoms with Crippen molar-refractivity contribution in [2.24, 2.45) is 0 Å². The summed E-state index contributed by atoms with van der Waals surface area (Å²) < 4.78 is 0. The molecule has 0 radical (unpaired) electrons. The summed E-state index contributed by atoms with van der Waals surface area (Å²) in [6.45, 7) is 4.44. The molecule has 1 N–H and O–H groups in total. The van der Waals surface area contributed by atoms with Crippen molar-refractivity contribution < 1.29 is 5.11 Å². The highest BCUT2D eigenvalue weighted by molar-refractivity contribution is 5.06. The molecule has 0 aliphatic heterocycles. The van der Waals surface area contributed by atoms with Gasteiger partial charge in [-0.05, 0) is 25.7 Å². The van der Waals surface area contributed by atoms with Crippen LogP contribution in [0.1, 0.15) is 78.1 Å². The normalized spacial score (nSPS) is 13.9. The van der Waals surface area contributed by atoms with Gasteiger partial charge in [-0.3, -0.25) is 0 Å². The first-order chi connectivity index (χ1) is 9.81. The van der Waals surface area contributed by atoms with Crippen molar-refractivity contribution in [2.75, 3.05) is 0 Å². The first kappa shape index (κ1) is 19.2. The highest BCUT2D eigenvalue weighted by Crippen LogP contribution is 2.06. The average molecular weight is 278 g/mol. The predicted molar refractivity (Wildman–Crippen MR) is 90.9 cm³/mol. The van der Waals surface area contributed by atoms with Crippen LogP contribution >= 0.6 is 0 Å². The molecule has 0 aromatic rings. The molecule has 0 saturated heterocycles. The predicted octanol–water partition coefficient (Wildman–Crippen LogP) is 5.96. The van der Waals surface area contributed by atoms with Gasteiger partial charge in [0.25, 0.3) is 0 Å². The lowest BCUT2D eigenvalue weighted by molar-refractivity contribution is 0.208. The van der Waals surface area contributed by atoms with Crippen LogP contribution in [0.15, 0.2) is 36.5 Å². The molecular weight excluding hydrogens is 244 g/mol. The molecule has 0 aliphatic carbocycles. The lowest BCUT2D eigenvalue weighted by Crippen LogP contribution is -2.00. The Morgan fingerprint density at radius 1 is 0.800 bits per heavy atom. The van der Waals surface area contributed by atoms with E-state index in [1.165, 1.54) is 44.9 Å². The van der Waals surface area contributed by atoms with Gasteiger partial charge in [0.05, 0.1) is 6.10 Å². The van der Waals surface area contributed by atoms with E-state index in [2.05, 4.69) is 32.1 Å². The molecule has 0 aromatic carbocycles. The molecule has 0 amide bonds. The Labute approximate surface area is 126 Å². The fourth-order valence-electron chi connectivity index (χ4n) is 2.03. The molecule has 20 heavy (non-hydrogen) atoms. The van der Waals surface area contributed by atoms with Gasteiger partial charge in [-0.1, -0.05) is 88.8 Å². The van der Waals surface area contributed by atoms with E-state index in [4.69, 9.17) is 0 Å². The number of aliphatic hydroxyl groups is 1. The third kappa shape index (κ3) is 15.2. The molecule has 1 nitrogen and oxygen atoms in total. The van der Waals surface area contributed by atoms with Gasteiger partial charge in [0.2, 0.25) is 0 Å². The van der Waals surface area contributed by atoms with Crippen LogP contribution < -0.4 is 0 Å². The lowest BCUT2D eigenvalue weighted by atomic mass is 10.1. The van der Waals surface area contributed by atoms with Crippen LogP contribution in [0.3, 0.4) is 0 Å². The van der Waals surface area contributed by atoms with Gasteiger partial charge in [-0.25, -0.2) is 0 Å². The van der Waals surface area contributed by atoms with E-state index < -0.39 is 0 Å². The van der Waals surface area contributed by atoms with E-state index in [0.717, 1.165) is 19.3 Å². The first-order valence-corrected chi connectivity index (χ1v) is 8.47. The molecule has 0 fully saturated rings. The van der Waals surface area contributed by atoms with E-state index in [1.54, 1.807) is 0 Å². The van der Waals surface area contributed by atoms with E-state index in [0.29, 0.717) is 0 Å². The number of hydrogen-bond donors (Lipinski definition) is 1. The van der Waals surface area contributed by atoms with Gasteiger partial charge < -0.3 is 5.11 Å². The molecule has 0 heterocycles. The molecule has 0 bridgehead atoms. The Balaban J connectivity index is 3.49. The van der Waals surface area contributed by atoms with E-state index in [1.807, 2.05) is 18.2 Å². The minimum absolute atomic E-state index is 0.277. The van der Waals surface area contributed by atoms with Crippen molar-refractivity contribution in [3.63, 3.8) is 0 Å². The maximum absolute atomic E-state index is 9.74. The average Bonchev–Trinajstić information content (AvgIpc) is 2.45. The molecule has 0 unspecified atom stereocenters. The zero-order valence-corrected chi connectivity index (χ0v) is 13.6. The number of unbranched alkanes of at least 4 members (excludes halogenated alkanes) is 6. The number of allylic oxidation sites excluding steroid dienone is 5. The van der Waals surface area contributed by atoms with Crippen LogP contribution in [0.25, 0.3) is 0 Å². The molecule has 0 spiro atoms. The van der Waals surface area contributed by atoms with Crippen LogP contribution in [0.5, 0.6) is 0 Å². The first-order valence-electron chi connectivity index (χ1n) is 8.47. The maximum Gasteiger partial charge on any atom is 0.0723 e. The van der Waals surface area contributed by atoms with Gasteiger partial charge in [0.15, 0.2) is 0 Å². The summed E-state index contributed by atoms with van der Waals surface area (Å²) in [6.07, 6.45) is 24.2. The van der Waals surface area contributed by atoms with E-state index >= 15 is 0 Å². The Morgan fingerprint density at radius 3 is 2.30 bits per heavy atom. The Morgan fingerprint density at radius 2 is 1.55 bits per heavy atom. The van der Waals surface area contributed by atoms with Crippen molar-refractivity contribution in [3.05, 3.63) is 36.5 Å². The smallest absolute Gasteiger partial charge is 0.0723 e. The molecular formula is C19H34O. The summed E-state index contributed by atoms with van der Waals surface area (Å²) in [7, 11) is 0. The number of rotatable bonds is 13. The summed E-state index contributed by atoms with van der Waals surface area (Å²) in [5.74, 6) is 0. The van der Waals surface area contributed by atoms with Crippen LogP contribution in [-0.2, 0) is 0 Å². The van der Waals surface area contributed by atoms with Crippen molar-refractivity contribution in [1.29, 1.82) is 0 Å². The zero-order valence-electron chi connectivity index (χ0n) is 13.6. The summed E-state index contributed by atoms with van der Waals surface area (Å²) in [5, 5.41) is 9.74. The van der Waals surface area contributed by atoms with Crippen LogP contribution in [0.4, 0.5) is 0 Å². The molecule has 116 valence electrons. The van der Waals surface area contributed by atoms with Gasteiger partial charge in [-0.2, -0.15) is 0 Å². The second-order valence-electron chi connectivity index (χ2n) is 5.43. The monoisotopic (exact) mass is 278 g/mol. The fourth-order valence-corrected chi connectivity index (χ4v) is 2.03. The molecule has 0 saturated carbocycles. The lowest BCUT2D eigenvalue weighted by Gasteiger charge is -2.03. The van der Waals surface area contributed by atoms with E-state index in [-0.39, 0.29) is 6.10 Å². The van der Waals surface area contributed by atoms with Gasteiger partial charge in [0, 0.05) is 0 Å². The topological polar surface area (TPSA) is 20.2 Å². The third-order valence-corrected chi connectivity index (χ3v) is 3.35. The van der Waals surface area contributed by atoms with Crippen molar-refractivity contribution >= 4 is 0 Å². The van der Waals surface area contributed by atoms with Crippen LogP contribution in [-0.4, -0.2) is 11.2 Å². The molecule has 0 rings (SSSR count). The van der Waals surface area contributed by atoms with E-state index in [9.17, 15) is 5.11 Å². The molecule has 0 aliphatic rings. The highest BCUT2D eigenvalue weighted by atomic mass is 16.3. The Kier molecular flexibility index (Phi) is 15.6. The molecule has 1 heteroatoms. The largest absolute Gasteiger partial charge is 0.389 e. The van der Waals surface area contributed by atoms with Gasteiger partial charge >= 0.3 is 0 Å². The standard InChI is InChI=1S/C19H34O/c1-3-5-7-9-10-11-12-13-14-16-18-19(20)17-15-8-6-4-2/h10-11,13-14,16,18-20H,3-9,12,15,17H2,1-2H3/b11-10-,14-13-,18-16+/t19-/m0/s1. The Bertz CT molecular complexity index is 263. The maximum atomic E-state index is 9.74. The SMILES string of the molecule is CCCCC/C=C\C/C=C\C=C\[C@@H](O)CCCCCC. The van der Waals surface area contributed by atoms with Crippen LogP contribution in [0, 0.1) is 0 Å². The summed E-state index contributed by atoms with van der Waals surface area (Å²) >= 11 is 0. The second-order valence-corrected chi connectivity index (χ2v) is 5.43. The minimum Gasteiger partial charge on any atom is -0.389 e. The number of hydrogen-bond acceptors (Lipinski definition) is 1. The molecule has 1 atom stereocenters. The summed E-state index contributed by atoms with van der Waals surface area (Å²) in [5.41, 5.74) is 0. The van der Waals surface area contributed by atoms with Crippen LogP contribution in [0.2, 0.25) is 0 Å². The molecule has 0 aromatic heterocycles. The highest BCUT2D eigenvalue weighted by Gasteiger charge is 1.97. The summed E-state index contributed by atoms with van der Waals surface area (Å²) in [4.78, 5) is 0. The van der Waals surface area contributed by atoms with Crippen molar-refractivity contribution in [2.45, 2.75) is 84.2 Å². The third-order valence-electron chi connectivity index (χ3n) is 3.35. The van der Waals surface area contributed by atoms with Gasteiger partial charge in [-0.15, -0.1) is 0 Å². The Hall–Kier alpha value is -0.820.